The Balaban J connectivity index is 1.96. The zero-order valence-corrected chi connectivity index (χ0v) is 11.8. The monoisotopic (exact) mass is 297 g/mol. The van der Waals surface area contributed by atoms with Crippen LogP contribution in [0, 0.1) is 16.0 Å². The second-order valence-electron chi connectivity index (χ2n) is 5.38. The molecule has 3 rings (SSSR count). The molecule has 0 amide bonds. The summed E-state index contributed by atoms with van der Waals surface area (Å²) >= 11 is 0. The minimum absolute atomic E-state index is 0.274. The van der Waals surface area contributed by atoms with Gasteiger partial charge in [-0.05, 0) is 18.1 Å². The highest BCUT2D eigenvalue weighted by molar-refractivity contribution is 5.79. The molecule has 112 valence electrons. The van der Waals surface area contributed by atoms with E-state index in [4.69, 9.17) is 4.74 Å². The number of rotatable bonds is 4. The third-order valence-corrected chi connectivity index (χ3v) is 3.96. The van der Waals surface area contributed by atoms with Crippen molar-refractivity contribution in [3.63, 3.8) is 0 Å². The minimum atomic E-state index is -0.539. The molecule has 2 unspecified atom stereocenters. The summed E-state index contributed by atoms with van der Waals surface area (Å²) in [4.78, 5) is 23.0. The van der Waals surface area contributed by atoms with Crippen LogP contribution >= 0.6 is 0 Å². The number of hydrogen-bond donors (Lipinski definition) is 0. The standard InChI is InChI=1S/C17H15NO4/c19-17-14(10-12-6-2-1-3-7-12)15(11-18(20)21)13-8-4-5-9-16(13)22-17/h1-9,14-15H,10-11H2. The van der Waals surface area contributed by atoms with Crippen molar-refractivity contribution >= 4 is 5.97 Å². The Morgan fingerprint density at radius 1 is 1.00 bits per heavy atom. The third-order valence-electron chi connectivity index (χ3n) is 3.96. The Kier molecular flexibility index (Phi) is 3.87. The molecule has 0 saturated heterocycles. The summed E-state index contributed by atoms with van der Waals surface area (Å²) < 4.78 is 5.37. The van der Waals surface area contributed by atoms with Crippen molar-refractivity contribution in [2.24, 2.45) is 5.92 Å². The van der Waals surface area contributed by atoms with Gasteiger partial charge in [-0.2, -0.15) is 0 Å². The van der Waals surface area contributed by atoms with E-state index in [1.165, 1.54) is 0 Å². The molecule has 0 aliphatic carbocycles. The van der Waals surface area contributed by atoms with Gasteiger partial charge in [0.2, 0.25) is 6.54 Å². The van der Waals surface area contributed by atoms with Crippen molar-refractivity contribution in [2.75, 3.05) is 6.54 Å². The van der Waals surface area contributed by atoms with E-state index in [1.807, 2.05) is 36.4 Å². The number of para-hydroxylation sites is 1. The molecule has 0 spiro atoms. The fourth-order valence-electron chi connectivity index (χ4n) is 2.92. The number of nitro groups is 1. The quantitative estimate of drug-likeness (QED) is 0.376. The molecule has 5 nitrogen and oxygen atoms in total. The van der Waals surface area contributed by atoms with Gasteiger partial charge < -0.3 is 4.74 Å². The lowest BCUT2D eigenvalue weighted by Gasteiger charge is -2.29. The van der Waals surface area contributed by atoms with E-state index in [1.54, 1.807) is 18.2 Å². The SMILES string of the molecule is O=C1Oc2ccccc2C(C[N+](=O)[O-])C1Cc1ccccc1. The number of hydrogen-bond acceptors (Lipinski definition) is 4. The maximum atomic E-state index is 12.3. The molecule has 2 aromatic carbocycles. The lowest BCUT2D eigenvalue weighted by Crippen LogP contribution is -2.36. The first-order chi connectivity index (χ1) is 10.6. The van der Waals surface area contributed by atoms with E-state index < -0.39 is 17.8 Å². The molecule has 1 aliphatic rings. The van der Waals surface area contributed by atoms with Gasteiger partial charge in [0.25, 0.3) is 0 Å². The van der Waals surface area contributed by atoms with Gasteiger partial charge in [0.15, 0.2) is 0 Å². The maximum Gasteiger partial charge on any atom is 0.315 e. The van der Waals surface area contributed by atoms with E-state index in [0.29, 0.717) is 12.2 Å². The summed E-state index contributed by atoms with van der Waals surface area (Å²) in [5.74, 6) is -0.964. The van der Waals surface area contributed by atoms with Crippen LogP contribution in [0.1, 0.15) is 17.0 Å². The zero-order chi connectivity index (χ0) is 15.5. The number of benzene rings is 2. The molecule has 1 heterocycles. The van der Waals surface area contributed by atoms with Crippen molar-refractivity contribution in [1.82, 2.24) is 0 Å². The van der Waals surface area contributed by atoms with Crippen LogP contribution in [0.4, 0.5) is 0 Å². The van der Waals surface area contributed by atoms with Gasteiger partial charge >= 0.3 is 5.97 Å². The first-order valence-electron chi connectivity index (χ1n) is 7.11. The Bertz CT molecular complexity index is 699. The third kappa shape index (κ3) is 2.83. The summed E-state index contributed by atoms with van der Waals surface area (Å²) in [5, 5.41) is 11.0. The van der Waals surface area contributed by atoms with Gasteiger partial charge in [-0.1, -0.05) is 48.5 Å². The first kappa shape index (κ1) is 14.3. The summed E-state index contributed by atoms with van der Waals surface area (Å²) in [6.07, 6.45) is 0.437. The highest BCUT2D eigenvalue weighted by Crippen LogP contribution is 2.39. The Morgan fingerprint density at radius 2 is 1.68 bits per heavy atom. The average Bonchev–Trinajstić information content (AvgIpc) is 2.51. The number of nitrogens with zero attached hydrogens (tertiary/aromatic N) is 1. The molecule has 2 atom stereocenters. The molecule has 0 bridgehead atoms. The largest absolute Gasteiger partial charge is 0.426 e. The van der Waals surface area contributed by atoms with Crippen molar-refractivity contribution < 1.29 is 14.5 Å². The normalized spacial score (nSPS) is 20.1. The molecular weight excluding hydrogens is 282 g/mol. The molecule has 22 heavy (non-hydrogen) atoms. The van der Waals surface area contributed by atoms with Gasteiger partial charge in [-0.3, -0.25) is 14.9 Å². The Hall–Kier alpha value is -2.69. The summed E-state index contributed by atoms with van der Waals surface area (Å²) in [6.45, 7) is -0.274. The van der Waals surface area contributed by atoms with Crippen molar-refractivity contribution in [3.8, 4) is 5.75 Å². The van der Waals surface area contributed by atoms with Gasteiger partial charge in [-0.15, -0.1) is 0 Å². The lowest BCUT2D eigenvalue weighted by molar-refractivity contribution is -0.484. The summed E-state index contributed by atoms with van der Waals surface area (Å²) in [5.41, 5.74) is 1.71. The van der Waals surface area contributed by atoms with E-state index in [9.17, 15) is 14.9 Å². The van der Waals surface area contributed by atoms with Gasteiger partial charge in [-0.25, -0.2) is 0 Å². The Labute approximate surface area is 127 Å². The number of fused-ring (bicyclic) bond motifs is 1. The molecule has 5 heteroatoms. The second-order valence-corrected chi connectivity index (χ2v) is 5.38. The Morgan fingerprint density at radius 3 is 2.41 bits per heavy atom. The summed E-state index contributed by atoms with van der Waals surface area (Å²) in [7, 11) is 0. The fourth-order valence-corrected chi connectivity index (χ4v) is 2.92. The van der Waals surface area contributed by atoms with Crippen molar-refractivity contribution in [1.29, 1.82) is 0 Å². The molecule has 0 fully saturated rings. The average molecular weight is 297 g/mol. The van der Waals surface area contributed by atoms with Crippen LogP contribution in [0.5, 0.6) is 5.75 Å². The van der Waals surface area contributed by atoms with Crippen LogP contribution in [0.3, 0.4) is 0 Å². The van der Waals surface area contributed by atoms with E-state index in [0.717, 1.165) is 11.1 Å². The van der Waals surface area contributed by atoms with Crippen LogP contribution in [0.15, 0.2) is 54.6 Å². The van der Waals surface area contributed by atoms with Gasteiger partial charge in [0.05, 0.1) is 11.8 Å². The lowest BCUT2D eigenvalue weighted by atomic mass is 9.80. The first-order valence-corrected chi connectivity index (χ1v) is 7.11. The number of esters is 1. The van der Waals surface area contributed by atoms with Crippen LogP contribution in [-0.4, -0.2) is 17.4 Å². The van der Waals surface area contributed by atoms with E-state index >= 15 is 0 Å². The molecule has 0 saturated carbocycles. The molecule has 0 radical (unpaired) electrons. The van der Waals surface area contributed by atoms with Crippen LogP contribution in [0.2, 0.25) is 0 Å². The number of carbonyl (C=O) groups is 1. The van der Waals surface area contributed by atoms with Crippen LogP contribution in [-0.2, 0) is 11.2 Å². The van der Waals surface area contributed by atoms with Crippen LogP contribution < -0.4 is 4.74 Å². The summed E-state index contributed by atoms with van der Waals surface area (Å²) in [6, 6.07) is 16.5. The number of ether oxygens (including phenoxy) is 1. The molecule has 0 aromatic heterocycles. The predicted octanol–water partition coefficient (Wildman–Crippen LogP) is 2.82. The smallest absolute Gasteiger partial charge is 0.315 e. The molecule has 2 aromatic rings. The van der Waals surface area contributed by atoms with E-state index in [-0.39, 0.29) is 11.5 Å². The highest BCUT2D eigenvalue weighted by Gasteiger charge is 2.40. The maximum absolute atomic E-state index is 12.3. The van der Waals surface area contributed by atoms with Gasteiger partial charge in [0, 0.05) is 10.5 Å². The molecular formula is C17H15NO4. The molecule has 0 N–H and O–H groups in total. The van der Waals surface area contributed by atoms with Crippen molar-refractivity contribution in [2.45, 2.75) is 12.3 Å². The second kappa shape index (κ2) is 5.97. The van der Waals surface area contributed by atoms with E-state index in [2.05, 4.69) is 0 Å². The van der Waals surface area contributed by atoms with Crippen LogP contribution in [0.25, 0.3) is 0 Å². The topological polar surface area (TPSA) is 69.4 Å². The number of carbonyl (C=O) groups excluding carboxylic acids is 1. The molecule has 1 aliphatic heterocycles. The van der Waals surface area contributed by atoms with Gasteiger partial charge in [0.1, 0.15) is 5.75 Å². The minimum Gasteiger partial charge on any atom is -0.426 e. The highest BCUT2D eigenvalue weighted by atomic mass is 16.6. The fraction of sp³-hybridized carbons (Fsp3) is 0.235. The van der Waals surface area contributed by atoms with Crippen molar-refractivity contribution in [3.05, 3.63) is 75.8 Å². The zero-order valence-electron chi connectivity index (χ0n) is 11.8. The predicted molar refractivity (Wildman–Crippen MR) is 80.3 cm³/mol.